The van der Waals surface area contributed by atoms with Crippen LogP contribution in [0.2, 0.25) is 0 Å². The molecule has 3 nitrogen and oxygen atoms in total. The van der Waals surface area contributed by atoms with E-state index in [0.717, 1.165) is 12.2 Å². The third-order valence-corrected chi connectivity index (χ3v) is 4.38. The fourth-order valence-electron chi connectivity index (χ4n) is 2.90. The summed E-state index contributed by atoms with van der Waals surface area (Å²) in [5.74, 6) is -0.170. The van der Waals surface area contributed by atoms with Gasteiger partial charge in [-0.25, -0.2) is 4.79 Å². The van der Waals surface area contributed by atoms with E-state index in [1.54, 1.807) is 24.3 Å². The van der Waals surface area contributed by atoms with E-state index in [1.165, 1.54) is 57.8 Å². The maximum absolute atomic E-state index is 10.9. The standard InChI is InChI=1S/C21H34O3/c1-4-5-6-7-8-9-10-11-12-17-21(2,3)24-19-15-13-18(14-16-19)20(22)23/h13-16H,4-12,17H2,1-3H3,(H,22,23). The molecule has 0 radical (unpaired) electrons. The van der Waals surface area contributed by atoms with Gasteiger partial charge in [-0.2, -0.15) is 0 Å². The molecular weight excluding hydrogens is 300 g/mol. The minimum absolute atomic E-state index is 0.216. The lowest BCUT2D eigenvalue weighted by Crippen LogP contribution is -2.28. The quantitative estimate of drug-likeness (QED) is 0.421. The summed E-state index contributed by atoms with van der Waals surface area (Å²) in [7, 11) is 0. The van der Waals surface area contributed by atoms with Gasteiger partial charge in [-0.15, -0.1) is 0 Å². The maximum Gasteiger partial charge on any atom is 0.335 e. The molecule has 136 valence electrons. The van der Waals surface area contributed by atoms with Gasteiger partial charge in [-0.05, 0) is 51.0 Å². The Kier molecular flexibility index (Phi) is 9.51. The molecule has 0 amide bonds. The highest BCUT2D eigenvalue weighted by molar-refractivity contribution is 5.87. The zero-order chi connectivity index (χ0) is 17.8. The number of aromatic carboxylic acids is 1. The molecule has 0 heterocycles. The number of carbonyl (C=O) groups is 1. The van der Waals surface area contributed by atoms with Gasteiger partial charge in [0.2, 0.25) is 0 Å². The molecular formula is C21H34O3. The van der Waals surface area contributed by atoms with Crippen LogP contribution in [0.1, 0.15) is 95.3 Å². The van der Waals surface area contributed by atoms with Crippen molar-refractivity contribution in [3.05, 3.63) is 29.8 Å². The Morgan fingerprint density at radius 2 is 1.42 bits per heavy atom. The number of ether oxygens (including phenoxy) is 1. The van der Waals surface area contributed by atoms with E-state index in [1.807, 2.05) is 0 Å². The molecule has 1 aromatic rings. The third kappa shape index (κ3) is 8.95. The second-order valence-electron chi connectivity index (χ2n) is 7.27. The van der Waals surface area contributed by atoms with E-state index in [0.29, 0.717) is 5.56 Å². The summed E-state index contributed by atoms with van der Waals surface area (Å²) >= 11 is 0. The molecule has 0 aliphatic heterocycles. The maximum atomic E-state index is 10.9. The average molecular weight is 335 g/mol. The molecule has 0 fully saturated rings. The van der Waals surface area contributed by atoms with E-state index in [-0.39, 0.29) is 5.60 Å². The number of rotatable bonds is 13. The van der Waals surface area contributed by atoms with Gasteiger partial charge < -0.3 is 9.84 Å². The van der Waals surface area contributed by atoms with Crippen molar-refractivity contribution in [1.82, 2.24) is 0 Å². The molecule has 1 rings (SSSR count). The second-order valence-corrected chi connectivity index (χ2v) is 7.27. The van der Waals surface area contributed by atoms with E-state index >= 15 is 0 Å². The minimum Gasteiger partial charge on any atom is -0.488 e. The van der Waals surface area contributed by atoms with Crippen LogP contribution in [0.3, 0.4) is 0 Å². The third-order valence-electron chi connectivity index (χ3n) is 4.38. The summed E-state index contributed by atoms with van der Waals surface area (Å²) in [6.07, 6.45) is 12.9. The summed E-state index contributed by atoms with van der Waals surface area (Å²) < 4.78 is 6.02. The molecule has 1 N–H and O–H groups in total. The fraction of sp³-hybridized carbons (Fsp3) is 0.667. The number of benzene rings is 1. The first kappa shape index (κ1) is 20.5. The number of hydrogen-bond acceptors (Lipinski definition) is 2. The van der Waals surface area contributed by atoms with Gasteiger partial charge in [0.05, 0.1) is 5.56 Å². The molecule has 0 unspecified atom stereocenters. The van der Waals surface area contributed by atoms with Crippen molar-refractivity contribution in [2.75, 3.05) is 0 Å². The smallest absolute Gasteiger partial charge is 0.335 e. The zero-order valence-electron chi connectivity index (χ0n) is 15.6. The van der Waals surface area contributed by atoms with Gasteiger partial charge in [0.25, 0.3) is 0 Å². The van der Waals surface area contributed by atoms with Crippen molar-refractivity contribution in [2.24, 2.45) is 0 Å². The van der Waals surface area contributed by atoms with Crippen molar-refractivity contribution in [2.45, 2.75) is 90.6 Å². The van der Waals surface area contributed by atoms with Crippen LogP contribution in [0.25, 0.3) is 0 Å². The van der Waals surface area contributed by atoms with Crippen molar-refractivity contribution in [3.63, 3.8) is 0 Å². The van der Waals surface area contributed by atoms with Crippen molar-refractivity contribution in [1.29, 1.82) is 0 Å². The first-order valence-electron chi connectivity index (χ1n) is 9.47. The average Bonchev–Trinajstić information content (AvgIpc) is 2.53. The van der Waals surface area contributed by atoms with E-state index < -0.39 is 5.97 Å². The first-order chi connectivity index (χ1) is 11.4. The van der Waals surface area contributed by atoms with Gasteiger partial charge in [0, 0.05) is 0 Å². The van der Waals surface area contributed by atoms with Crippen LogP contribution in [0.5, 0.6) is 5.75 Å². The van der Waals surface area contributed by atoms with Crippen molar-refractivity contribution >= 4 is 5.97 Å². The molecule has 0 aromatic heterocycles. The number of hydrogen-bond donors (Lipinski definition) is 1. The SMILES string of the molecule is CCCCCCCCCCCC(C)(C)Oc1ccc(C(=O)O)cc1. The number of carboxylic acid groups (broad SMARTS) is 1. The Labute approximate surface area is 147 Å². The van der Waals surface area contributed by atoms with Crippen molar-refractivity contribution in [3.8, 4) is 5.75 Å². The molecule has 24 heavy (non-hydrogen) atoms. The largest absolute Gasteiger partial charge is 0.488 e. The van der Waals surface area contributed by atoms with Gasteiger partial charge in [-0.3, -0.25) is 0 Å². The summed E-state index contributed by atoms with van der Waals surface area (Å²) in [4.78, 5) is 10.9. The van der Waals surface area contributed by atoms with Crippen molar-refractivity contribution < 1.29 is 14.6 Å². The zero-order valence-corrected chi connectivity index (χ0v) is 15.6. The Morgan fingerprint density at radius 3 is 1.92 bits per heavy atom. The summed E-state index contributed by atoms with van der Waals surface area (Å²) in [5, 5.41) is 8.91. The Balaban J connectivity index is 2.18. The molecule has 0 aliphatic rings. The summed E-state index contributed by atoms with van der Waals surface area (Å²) in [6.45, 7) is 6.45. The van der Waals surface area contributed by atoms with Crippen LogP contribution >= 0.6 is 0 Å². The predicted octanol–water partition coefficient (Wildman–Crippen LogP) is 6.46. The van der Waals surface area contributed by atoms with Gasteiger partial charge in [-0.1, -0.05) is 58.3 Å². The Hall–Kier alpha value is -1.51. The highest BCUT2D eigenvalue weighted by atomic mass is 16.5. The highest BCUT2D eigenvalue weighted by Gasteiger charge is 2.19. The van der Waals surface area contributed by atoms with Crippen LogP contribution in [0, 0.1) is 0 Å². The second kappa shape index (κ2) is 11.1. The van der Waals surface area contributed by atoms with Crippen LogP contribution in [-0.4, -0.2) is 16.7 Å². The number of carboxylic acids is 1. The molecule has 0 bridgehead atoms. The minimum atomic E-state index is -0.907. The van der Waals surface area contributed by atoms with Gasteiger partial charge >= 0.3 is 5.97 Å². The topological polar surface area (TPSA) is 46.5 Å². The fourth-order valence-corrected chi connectivity index (χ4v) is 2.90. The first-order valence-corrected chi connectivity index (χ1v) is 9.47. The lowest BCUT2D eigenvalue weighted by atomic mass is 9.99. The van der Waals surface area contributed by atoms with Crippen LogP contribution in [-0.2, 0) is 0 Å². The Bertz CT molecular complexity index is 462. The molecule has 0 saturated heterocycles. The molecule has 0 spiro atoms. The molecule has 3 heteroatoms. The molecule has 0 saturated carbocycles. The lowest BCUT2D eigenvalue weighted by Gasteiger charge is -2.26. The van der Waals surface area contributed by atoms with E-state index in [9.17, 15) is 4.79 Å². The van der Waals surface area contributed by atoms with E-state index in [2.05, 4.69) is 20.8 Å². The summed E-state index contributed by atoms with van der Waals surface area (Å²) in [6, 6.07) is 6.65. The molecule has 0 atom stereocenters. The number of unbranched alkanes of at least 4 members (excludes halogenated alkanes) is 8. The lowest BCUT2D eigenvalue weighted by molar-refractivity contribution is 0.0696. The molecule has 1 aromatic carbocycles. The van der Waals surface area contributed by atoms with Crippen LogP contribution < -0.4 is 4.74 Å². The predicted molar refractivity (Wildman–Crippen MR) is 100.0 cm³/mol. The van der Waals surface area contributed by atoms with Gasteiger partial charge in [0.1, 0.15) is 11.4 Å². The normalized spacial score (nSPS) is 11.5. The van der Waals surface area contributed by atoms with E-state index in [4.69, 9.17) is 9.84 Å². The molecule has 0 aliphatic carbocycles. The monoisotopic (exact) mass is 334 g/mol. The highest BCUT2D eigenvalue weighted by Crippen LogP contribution is 2.24. The Morgan fingerprint density at radius 1 is 0.917 bits per heavy atom. The van der Waals surface area contributed by atoms with Crippen LogP contribution in [0.15, 0.2) is 24.3 Å². The van der Waals surface area contributed by atoms with Gasteiger partial charge in [0.15, 0.2) is 0 Å². The van der Waals surface area contributed by atoms with Crippen LogP contribution in [0.4, 0.5) is 0 Å². The summed E-state index contributed by atoms with van der Waals surface area (Å²) in [5.41, 5.74) is 0.0744.